The molecule has 2 heterocycles. The van der Waals surface area contributed by atoms with E-state index in [-0.39, 0.29) is 30.1 Å². The number of rotatable bonds is 13. The van der Waals surface area contributed by atoms with Crippen molar-refractivity contribution in [1.82, 2.24) is 10.6 Å². The summed E-state index contributed by atoms with van der Waals surface area (Å²) in [4.78, 5) is 26.5. The van der Waals surface area contributed by atoms with Crippen LogP contribution in [0.25, 0.3) is 0 Å². The lowest BCUT2D eigenvalue weighted by molar-refractivity contribution is -0.119. The van der Waals surface area contributed by atoms with E-state index in [0.29, 0.717) is 36.3 Å². The summed E-state index contributed by atoms with van der Waals surface area (Å²) in [5.41, 5.74) is 9.03. The largest absolute Gasteiger partial charge is 0.443 e. The van der Waals surface area contributed by atoms with Crippen LogP contribution >= 0.6 is 0 Å². The highest BCUT2D eigenvalue weighted by molar-refractivity contribution is 7.92. The predicted molar refractivity (Wildman–Crippen MR) is 176 cm³/mol. The van der Waals surface area contributed by atoms with E-state index < -0.39 is 51.9 Å². The number of aryl methyl sites for hydroxylation is 2. The third-order valence-electron chi connectivity index (χ3n) is 8.64. The molecule has 252 valence electrons. The molecule has 2 unspecified atom stereocenters. The van der Waals surface area contributed by atoms with E-state index >= 15 is 0 Å². The van der Waals surface area contributed by atoms with Crippen LogP contribution in [0.1, 0.15) is 35.1 Å². The number of hydrogen-bond acceptors (Lipinski definition) is 9. The van der Waals surface area contributed by atoms with Crippen molar-refractivity contribution < 1.29 is 37.3 Å². The smallest absolute Gasteiger partial charge is 0.407 e. The van der Waals surface area contributed by atoms with E-state index in [1.807, 2.05) is 60.7 Å². The summed E-state index contributed by atoms with van der Waals surface area (Å²) in [5, 5.41) is 17.3. The zero-order chi connectivity index (χ0) is 33.6. The summed E-state index contributed by atoms with van der Waals surface area (Å²) in [6.45, 7) is 4.07. The maximum absolute atomic E-state index is 13.4. The standard InChI is InChI=1S/C35H43N3O8S/c1-22-15-26(36)16-23(2)33(22)47(42,43)21-32(40)37-27(17-24-9-5-3-6-10-24)19-30(39)29(18-25-11-7-4-8-12-25)38-35(41)46-31-20-45-34-28(31)13-14-44-34/h3-12,15-16,27-31,34,39H,13-14,17-21,36H2,1-2H3,(H,37,40)(H,38,41)/t27-,28?,29-,30-,31-,34?/m0/s1. The molecule has 2 aliphatic rings. The van der Waals surface area contributed by atoms with Gasteiger partial charge >= 0.3 is 6.09 Å². The summed E-state index contributed by atoms with van der Waals surface area (Å²) >= 11 is 0. The molecule has 3 aromatic carbocycles. The van der Waals surface area contributed by atoms with Crippen LogP contribution in [-0.2, 0) is 41.7 Å². The van der Waals surface area contributed by atoms with E-state index in [4.69, 9.17) is 19.9 Å². The Balaban J connectivity index is 1.31. The molecule has 12 heteroatoms. The highest BCUT2D eigenvalue weighted by Gasteiger charge is 2.44. The monoisotopic (exact) mass is 665 g/mol. The summed E-state index contributed by atoms with van der Waals surface area (Å²) < 4.78 is 43.6. The number of aliphatic hydroxyl groups excluding tert-OH is 1. The maximum Gasteiger partial charge on any atom is 0.407 e. The first kappa shape index (κ1) is 34.4. The number of fused-ring (bicyclic) bond motifs is 1. The van der Waals surface area contributed by atoms with Crippen LogP contribution in [0.15, 0.2) is 77.7 Å². The second-order valence-corrected chi connectivity index (χ2v) is 14.3. The van der Waals surface area contributed by atoms with Gasteiger partial charge in [0.1, 0.15) is 11.9 Å². The van der Waals surface area contributed by atoms with Gasteiger partial charge in [0.25, 0.3) is 0 Å². The average molecular weight is 666 g/mol. The van der Waals surface area contributed by atoms with Crippen molar-refractivity contribution in [2.45, 2.75) is 75.0 Å². The quantitative estimate of drug-likeness (QED) is 0.201. The number of hydrogen-bond donors (Lipinski definition) is 4. The van der Waals surface area contributed by atoms with Crippen LogP contribution in [0, 0.1) is 19.8 Å². The van der Waals surface area contributed by atoms with E-state index in [1.54, 1.807) is 26.0 Å². The summed E-state index contributed by atoms with van der Waals surface area (Å²) in [7, 11) is -4.00. The maximum atomic E-state index is 13.4. The average Bonchev–Trinajstić information content (AvgIpc) is 3.62. The lowest BCUT2D eigenvalue weighted by Crippen LogP contribution is -2.50. The molecule has 2 aliphatic heterocycles. The van der Waals surface area contributed by atoms with Gasteiger partial charge in [-0.3, -0.25) is 4.79 Å². The number of amides is 2. The molecule has 0 spiro atoms. The number of nitrogens with one attached hydrogen (secondary N) is 2. The molecule has 0 aromatic heterocycles. The molecule has 6 atom stereocenters. The van der Waals surface area contributed by atoms with Gasteiger partial charge in [0.15, 0.2) is 16.1 Å². The van der Waals surface area contributed by atoms with Crippen molar-refractivity contribution in [3.8, 4) is 0 Å². The van der Waals surface area contributed by atoms with Crippen molar-refractivity contribution in [2.75, 3.05) is 24.7 Å². The summed E-state index contributed by atoms with van der Waals surface area (Å²) in [6.07, 6.45) is -1.27. The van der Waals surface area contributed by atoms with Gasteiger partial charge in [-0.25, -0.2) is 13.2 Å². The number of carbonyl (C=O) groups excluding carboxylic acids is 2. The van der Waals surface area contributed by atoms with Gasteiger partial charge in [-0.15, -0.1) is 0 Å². The number of sulfone groups is 1. The van der Waals surface area contributed by atoms with Crippen molar-refractivity contribution in [2.24, 2.45) is 5.92 Å². The van der Waals surface area contributed by atoms with Crippen LogP contribution in [0.2, 0.25) is 0 Å². The minimum atomic E-state index is -4.00. The lowest BCUT2D eigenvalue weighted by Gasteiger charge is -2.29. The fraction of sp³-hybridized carbons (Fsp3) is 0.429. The third-order valence-corrected chi connectivity index (χ3v) is 10.5. The second-order valence-electron chi connectivity index (χ2n) is 12.4. The van der Waals surface area contributed by atoms with Crippen LogP contribution in [0.3, 0.4) is 0 Å². The van der Waals surface area contributed by atoms with Gasteiger partial charge in [0.2, 0.25) is 5.91 Å². The van der Waals surface area contributed by atoms with Crippen molar-refractivity contribution in [1.29, 1.82) is 0 Å². The number of nitrogen functional groups attached to an aromatic ring is 1. The minimum absolute atomic E-state index is 0.0312. The molecule has 47 heavy (non-hydrogen) atoms. The molecule has 2 fully saturated rings. The molecule has 3 aromatic rings. The van der Waals surface area contributed by atoms with Gasteiger partial charge in [-0.05, 0) is 73.9 Å². The zero-order valence-electron chi connectivity index (χ0n) is 26.6. The molecular formula is C35H43N3O8S. The molecule has 5 rings (SSSR count). The van der Waals surface area contributed by atoms with E-state index in [0.717, 1.165) is 17.5 Å². The Morgan fingerprint density at radius 2 is 1.57 bits per heavy atom. The normalized spacial score (nSPS) is 21.0. The molecule has 0 saturated carbocycles. The van der Waals surface area contributed by atoms with Crippen molar-refractivity contribution >= 4 is 27.5 Å². The van der Waals surface area contributed by atoms with Crippen LogP contribution in [0.4, 0.5) is 10.5 Å². The van der Waals surface area contributed by atoms with Crippen LogP contribution in [0.5, 0.6) is 0 Å². The van der Waals surface area contributed by atoms with Gasteiger partial charge in [0.05, 0.1) is 36.2 Å². The number of ether oxygens (including phenoxy) is 3. The van der Waals surface area contributed by atoms with Crippen LogP contribution in [-0.4, -0.2) is 75.1 Å². The molecule has 5 N–H and O–H groups in total. The molecule has 11 nitrogen and oxygen atoms in total. The number of aliphatic hydroxyl groups is 1. The molecule has 0 radical (unpaired) electrons. The Labute approximate surface area is 275 Å². The van der Waals surface area contributed by atoms with Gasteiger partial charge < -0.3 is 35.7 Å². The van der Waals surface area contributed by atoms with Gasteiger partial charge in [-0.1, -0.05) is 60.7 Å². The molecule has 2 saturated heterocycles. The number of nitrogens with two attached hydrogens (primary N) is 1. The Kier molecular flexibility index (Phi) is 11.2. The summed E-state index contributed by atoms with van der Waals surface area (Å²) in [6, 6.07) is 20.5. The Morgan fingerprint density at radius 3 is 2.21 bits per heavy atom. The predicted octanol–water partition coefficient (Wildman–Crippen LogP) is 3.24. The Bertz CT molecular complexity index is 1610. The zero-order valence-corrected chi connectivity index (χ0v) is 27.4. The molecule has 0 aliphatic carbocycles. The first-order valence-corrected chi connectivity index (χ1v) is 17.5. The highest BCUT2D eigenvalue weighted by Crippen LogP contribution is 2.33. The molecule has 2 amide bonds. The van der Waals surface area contributed by atoms with Crippen molar-refractivity contribution in [3.63, 3.8) is 0 Å². The second kappa shape index (κ2) is 15.3. The number of alkyl carbamates (subject to hydrolysis) is 1. The SMILES string of the molecule is Cc1cc(N)cc(C)c1S(=O)(=O)CC(=O)N[C@@H](Cc1ccccc1)C[C@H](O)[C@H](Cc1ccccc1)NC(=O)O[C@H]1COC2OCCC21. The lowest BCUT2D eigenvalue weighted by atomic mass is 9.93. The Hall–Kier alpha value is -3.97. The third kappa shape index (κ3) is 9.10. The summed E-state index contributed by atoms with van der Waals surface area (Å²) in [5.74, 6) is -1.51. The van der Waals surface area contributed by atoms with E-state index in [1.165, 1.54) is 0 Å². The number of anilines is 1. The van der Waals surface area contributed by atoms with Crippen LogP contribution < -0.4 is 16.4 Å². The number of benzene rings is 3. The van der Waals surface area contributed by atoms with Crippen molar-refractivity contribution in [3.05, 3.63) is 95.1 Å². The number of carbonyl (C=O) groups is 2. The topological polar surface area (TPSA) is 166 Å². The fourth-order valence-electron chi connectivity index (χ4n) is 6.56. The fourth-order valence-corrected chi connectivity index (χ4v) is 8.23. The first-order chi connectivity index (χ1) is 22.5. The van der Waals surface area contributed by atoms with Gasteiger partial charge in [-0.2, -0.15) is 0 Å². The van der Waals surface area contributed by atoms with Gasteiger partial charge in [0, 0.05) is 11.7 Å². The van der Waals surface area contributed by atoms with E-state index in [9.17, 15) is 23.1 Å². The molecule has 0 bridgehead atoms. The molecular weight excluding hydrogens is 622 g/mol. The van der Waals surface area contributed by atoms with E-state index in [2.05, 4.69) is 10.6 Å². The first-order valence-electron chi connectivity index (χ1n) is 15.8. The highest BCUT2D eigenvalue weighted by atomic mass is 32.2. The Morgan fingerprint density at radius 1 is 0.957 bits per heavy atom. The minimum Gasteiger partial charge on any atom is -0.443 e.